The zero-order valence-electron chi connectivity index (χ0n) is 22.0. The van der Waals surface area contributed by atoms with E-state index in [0.29, 0.717) is 24.7 Å². The predicted octanol–water partition coefficient (Wildman–Crippen LogP) is 6.89. The monoisotopic (exact) mass is 598 g/mol. The number of rotatable bonds is 7. The molecular formula is C32H27BrN2O5. The number of carboxylic acids is 1. The van der Waals surface area contributed by atoms with E-state index in [1.165, 1.54) is 0 Å². The highest BCUT2D eigenvalue weighted by atomic mass is 79.9. The molecule has 4 aromatic carbocycles. The van der Waals surface area contributed by atoms with E-state index in [1.807, 2.05) is 60.7 Å². The Hall–Kier alpha value is -4.30. The molecule has 0 fully saturated rings. The number of imidazole rings is 1. The Morgan fingerprint density at radius 3 is 2.65 bits per heavy atom. The largest absolute Gasteiger partial charge is 0.492 e. The number of carbonyl (C=O) groups is 1. The van der Waals surface area contributed by atoms with Gasteiger partial charge in [-0.25, -0.2) is 4.79 Å². The Morgan fingerprint density at radius 1 is 1.07 bits per heavy atom. The fourth-order valence-corrected chi connectivity index (χ4v) is 5.92. The first kappa shape index (κ1) is 26.0. The van der Waals surface area contributed by atoms with Crippen LogP contribution >= 0.6 is 15.9 Å². The maximum absolute atomic E-state index is 12.8. The van der Waals surface area contributed by atoms with Crippen LogP contribution in [0, 0.1) is 13.8 Å². The lowest BCUT2D eigenvalue weighted by Crippen LogP contribution is -2.15. The second-order valence-electron chi connectivity index (χ2n) is 10.2. The van der Waals surface area contributed by atoms with Gasteiger partial charge in [-0.05, 0) is 84.1 Å². The number of aliphatic carboxylic acids is 1. The van der Waals surface area contributed by atoms with Crippen LogP contribution in [0.4, 0.5) is 0 Å². The van der Waals surface area contributed by atoms with Gasteiger partial charge in [-0.15, -0.1) is 0 Å². The zero-order chi connectivity index (χ0) is 28.0. The molecule has 6 rings (SSSR count). The first-order valence-corrected chi connectivity index (χ1v) is 13.8. The van der Waals surface area contributed by atoms with Crippen molar-refractivity contribution in [2.24, 2.45) is 0 Å². The van der Waals surface area contributed by atoms with Gasteiger partial charge in [-0.1, -0.05) is 40.2 Å². The van der Waals surface area contributed by atoms with Crippen LogP contribution in [0.3, 0.4) is 0 Å². The second kappa shape index (κ2) is 10.4. The van der Waals surface area contributed by atoms with Crippen molar-refractivity contribution in [1.82, 2.24) is 9.55 Å². The van der Waals surface area contributed by atoms with Gasteiger partial charge in [-0.3, -0.25) is 9.36 Å². The molecule has 5 aromatic rings. The third-order valence-corrected chi connectivity index (χ3v) is 7.82. The third kappa shape index (κ3) is 4.91. The van der Waals surface area contributed by atoms with Crippen molar-refractivity contribution in [2.45, 2.75) is 32.8 Å². The Labute approximate surface area is 239 Å². The average Bonchev–Trinajstić information content (AvgIpc) is 3.46. The highest BCUT2D eigenvalue weighted by Crippen LogP contribution is 2.38. The number of aryl methyl sites for hydroxylation is 2. The summed E-state index contributed by atoms with van der Waals surface area (Å²) in [6, 6.07) is 23.7. The first-order chi connectivity index (χ1) is 19.3. The molecule has 1 atom stereocenters. The summed E-state index contributed by atoms with van der Waals surface area (Å²) in [6.07, 6.45) is 0.0517. The molecule has 8 heteroatoms. The Kier molecular flexibility index (Phi) is 6.72. The molecular weight excluding hydrogens is 572 g/mol. The van der Waals surface area contributed by atoms with Crippen LogP contribution in [0.25, 0.3) is 27.8 Å². The van der Waals surface area contributed by atoms with Gasteiger partial charge in [0.2, 0.25) is 0 Å². The number of nitrogens with zero attached hydrogens (tertiary/aromatic N) is 1. The van der Waals surface area contributed by atoms with Crippen molar-refractivity contribution < 1.29 is 19.4 Å². The number of H-pyrrole nitrogens is 1. The highest BCUT2D eigenvalue weighted by molar-refractivity contribution is 9.10. The van der Waals surface area contributed by atoms with Crippen LogP contribution in [-0.2, 0) is 11.4 Å². The van der Waals surface area contributed by atoms with E-state index in [1.54, 1.807) is 4.57 Å². The van der Waals surface area contributed by atoms with E-state index in [2.05, 4.69) is 46.9 Å². The number of hydrogen-bond acceptors (Lipinski definition) is 4. The second-order valence-corrected chi connectivity index (χ2v) is 11.1. The minimum Gasteiger partial charge on any atom is -0.492 e. The fraction of sp³-hybridized carbons (Fsp3) is 0.188. The Bertz CT molecular complexity index is 1810. The number of aromatic nitrogens is 2. The van der Waals surface area contributed by atoms with Crippen LogP contribution in [-0.4, -0.2) is 27.2 Å². The SMILES string of the molecule is Cc1cc(-n2c(=O)[nH]c3ccc(Br)cc32)cc(C)c1-c1cccc(COc2ccc3c(c2)OCC3CC(=O)O)c1. The minimum absolute atomic E-state index is 0.0517. The summed E-state index contributed by atoms with van der Waals surface area (Å²) < 4.78 is 14.4. The van der Waals surface area contributed by atoms with Gasteiger partial charge in [0.1, 0.15) is 18.1 Å². The van der Waals surface area contributed by atoms with Gasteiger partial charge in [0, 0.05) is 22.0 Å². The van der Waals surface area contributed by atoms with Crippen molar-refractivity contribution >= 4 is 32.9 Å². The molecule has 0 aliphatic carbocycles. The van der Waals surface area contributed by atoms with Gasteiger partial charge in [0.15, 0.2) is 0 Å². The summed E-state index contributed by atoms with van der Waals surface area (Å²) in [4.78, 5) is 26.9. The molecule has 0 bridgehead atoms. The topological polar surface area (TPSA) is 93.5 Å². The summed E-state index contributed by atoms with van der Waals surface area (Å²) in [7, 11) is 0. The Morgan fingerprint density at radius 2 is 1.88 bits per heavy atom. The van der Waals surface area contributed by atoms with E-state index < -0.39 is 5.97 Å². The minimum atomic E-state index is -0.832. The maximum Gasteiger partial charge on any atom is 0.331 e. The molecule has 202 valence electrons. The highest BCUT2D eigenvalue weighted by Gasteiger charge is 2.26. The first-order valence-electron chi connectivity index (χ1n) is 13.0. The summed E-state index contributed by atoms with van der Waals surface area (Å²) in [6.45, 7) is 4.87. The van der Waals surface area contributed by atoms with Crippen LogP contribution < -0.4 is 15.2 Å². The molecule has 0 amide bonds. The van der Waals surface area contributed by atoms with Gasteiger partial charge in [0.25, 0.3) is 0 Å². The van der Waals surface area contributed by atoms with Crippen molar-refractivity contribution in [3.8, 4) is 28.3 Å². The zero-order valence-corrected chi connectivity index (χ0v) is 23.6. The molecule has 1 aliphatic heterocycles. The molecule has 7 nitrogen and oxygen atoms in total. The summed E-state index contributed by atoms with van der Waals surface area (Å²) >= 11 is 3.51. The molecule has 0 radical (unpaired) electrons. The number of halogens is 1. The van der Waals surface area contributed by atoms with Crippen LogP contribution in [0.2, 0.25) is 0 Å². The van der Waals surface area contributed by atoms with E-state index >= 15 is 0 Å². The third-order valence-electron chi connectivity index (χ3n) is 7.33. The van der Waals surface area contributed by atoms with Crippen molar-refractivity contribution in [3.05, 3.63) is 110 Å². The lowest BCUT2D eigenvalue weighted by Gasteiger charge is -2.15. The standard InChI is InChI=1S/C32H27BrN2O5/c1-18-10-24(35-28-14-23(33)6-9-27(28)34-32(35)38)11-19(2)31(18)21-5-3-4-20(12-21)16-39-25-7-8-26-22(13-30(36)37)17-40-29(26)15-25/h3-12,14-15,22H,13,16-17H2,1-2H3,(H,34,38)(H,36,37). The normalized spacial score (nSPS) is 14.2. The van der Waals surface area contributed by atoms with Gasteiger partial charge < -0.3 is 19.6 Å². The molecule has 1 aliphatic rings. The molecule has 0 spiro atoms. The molecule has 1 unspecified atom stereocenters. The number of benzene rings is 4. The van der Waals surface area contributed by atoms with Crippen molar-refractivity contribution in [3.63, 3.8) is 0 Å². The number of nitrogens with one attached hydrogen (secondary N) is 1. The summed E-state index contributed by atoms with van der Waals surface area (Å²) in [5.41, 5.74) is 8.50. The molecule has 2 heterocycles. The van der Waals surface area contributed by atoms with E-state index in [0.717, 1.165) is 54.6 Å². The van der Waals surface area contributed by atoms with Crippen molar-refractivity contribution in [2.75, 3.05) is 6.61 Å². The number of hydrogen-bond donors (Lipinski definition) is 2. The molecule has 2 N–H and O–H groups in total. The number of fused-ring (bicyclic) bond motifs is 2. The lowest BCUT2D eigenvalue weighted by atomic mass is 9.94. The lowest BCUT2D eigenvalue weighted by molar-refractivity contribution is -0.137. The summed E-state index contributed by atoms with van der Waals surface area (Å²) in [5, 5.41) is 9.12. The number of aromatic amines is 1. The Balaban J connectivity index is 1.24. The van der Waals surface area contributed by atoms with E-state index in [4.69, 9.17) is 14.6 Å². The number of carboxylic acid groups (broad SMARTS) is 1. The quantitative estimate of drug-likeness (QED) is 0.213. The molecule has 0 saturated heterocycles. The van der Waals surface area contributed by atoms with Crippen LogP contribution in [0.15, 0.2) is 82.1 Å². The van der Waals surface area contributed by atoms with E-state index in [-0.39, 0.29) is 18.0 Å². The van der Waals surface area contributed by atoms with E-state index in [9.17, 15) is 9.59 Å². The average molecular weight is 599 g/mol. The van der Waals surface area contributed by atoms with Crippen molar-refractivity contribution in [1.29, 1.82) is 0 Å². The fourth-order valence-electron chi connectivity index (χ4n) is 5.57. The van der Waals surface area contributed by atoms with Gasteiger partial charge in [-0.2, -0.15) is 0 Å². The van der Waals surface area contributed by atoms with Crippen LogP contribution in [0.1, 0.15) is 34.6 Å². The molecule has 0 saturated carbocycles. The molecule has 40 heavy (non-hydrogen) atoms. The van der Waals surface area contributed by atoms with Crippen LogP contribution in [0.5, 0.6) is 11.5 Å². The predicted molar refractivity (Wildman–Crippen MR) is 158 cm³/mol. The van der Waals surface area contributed by atoms with Gasteiger partial charge >= 0.3 is 11.7 Å². The smallest absolute Gasteiger partial charge is 0.331 e. The number of ether oxygens (including phenoxy) is 2. The van der Waals surface area contributed by atoms with Gasteiger partial charge in [0.05, 0.1) is 29.7 Å². The maximum atomic E-state index is 12.8. The summed E-state index contributed by atoms with van der Waals surface area (Å²) in [5.74, 6) is 0.396. The molecule has 1 aromatic heterocycles.